The number of hydrogen-bond acceptors (Lipinski definition) is 4. The largest absolute Gasteiger partial charge is 0.334 e. The summed E-state index contributed by atoms with van der Waals surface area (Å²) in [5.74, 6) is -0.953. The number of sulfonamides is 1. The van der Waals surface area contributed by atoms with E-state index < -0.39 is 28.1 Å². The van der Waals surface area contributed by atoms with Crippen molar-refractivity contribution in [2.75, 3.05) is 26.7 Å². The minimum absolute atomic E-state index is 0.0487. The Balaban J connectivity index is 2.05. The molecule has 6 nitrogen and oxygen atoms in total. The second kappa shape index (κ2) is 7.33. The molecule has 23 heavy (non-hydrogen) atoms. The van der Waals surface area contributed by atoms with E-state index in [1.54, 1.807) is 7.05 Å². The van der Waals surface area contributed by atoms with Crippen LogP contribution >= 0.6 is 0 Å². The van der Waals surface area contributed by atoms with Gasteiger partial charge in [-0.2, -0.15) is 0 Å². The molecule has 1 aliphatic rings. The van der Waals surface area contributed by atoms with Crippen LogP contribution in [0.5, 0.6) is 0 Å². The molecule has 1 aromatic carbocycles. The first-order valence-electron chi connectivity index (χ1n) is 7.17. The fraction of sp³-hybridized carbons (Fsp3) is 0.500. The molecular formula is C14H19F2N3O3S. The number of likely N-dealkylation sites (N-methyl/N-ethyl adjacent to an activating group) is 1. The normalized spacial score (nSPS) is 21.6. The van der Waals surface area contributed by atoms with Crippen molar-refractivity contribution in [1.82, 2.24) is 14.9 Å². The summed E-state index contributed by atoms with van der Waals surface area (Å²) < 4.78 is 53.3. The summed E-state index contributed by atoms with van der Waals surface area (Å²) >= 11 is 0. The van der Waals surface area contributed by atoms with E-state index in [1.165, 1.54) is 17.0 Å². The van der Waals surface area contributed by atoms with Gasteiger partial charge in [-0.25, -0.2) is 21.9 Å². The minimum Gasteiger partial charge on any atom is -0.334 e. The summed E-state index contributed by atoms with van der Waals surface area (Å²) in [7, 11) is -2.32. The van der Waals surface area contributed by atoms with Gasteiger partial charge in [0.15, 0.2) is 0 Å². The van der Waals surface area contributed by atoms with Crippen molar-refractivity contribution >= 4 is 15.9 Å². The average Bonchev–Trinajstić information content (AvgIpc) is 2.87. The Morgan fingerprint density at radius 2 is 2.17 bits per heavy atom. The van der Waals surface area contributed by atoms with E-state index in [0.717, 1.165) is 12.1 Å². The van der Waals surface area contributed by atoms with Gasteiger partial charge in [-0.1, -0.05) is 6.07 Å². The van der Waals surface area contributed by atoms with E-state index in [-0.39, 0.29) is 36.9 Å². The van der Waals surface area contributed by atoms with Crippen LogP contribution in [-0.4, -0.2) is 58.1 Å². The number of hydrogen-bond donors (Lipinski definition) is 2. The number of halogens is 2. The second-order valence-corrected chi connectivity index (χ2v) is 7.14. The molecule has 128 valence electrons. The Morgan fingerprint density at radius 3 is 2.83 bits per heavy atom. The first-order chi connectivity index (χ1) is 10.8. The Labute approximate surface area is 133 Å². The third kappa shape index (κ3) is 4.46. The topological polar surface area (TPSA) is 78.5 Å². The highest BCUT2D eigenvalue weighted by Gasteiger charge is 2.35. The lowest BCUT2D eigenvalue weighted by Gasteiger charge is -2.24. The van der Waals surface area contributed by atoms with E-state index in [2.05, 4.69) is 10.0 Å². The third-order valence-electron chi connectivity index (χ3n) is 3.63. The molecule has 2 atom stereocenters. The lowest BCUT2D eigenvalue weighted by Crippen LogP contribution is -2.45. The van der Waals surface area contributed by atoms with Crippen LogP contribution in [0.25, 0.3) is 0 Å². The van der Waals surface area contributed by atoms with Crippen LogP contribution in [0.15, 0.2) is 29.2 Å². The zero-order chi connectivity index (χ0) is 17.0. The van der Waals surface area contributed by atoms with Crippen LogP contribution in [0.3, 0.4) is 0 Å². The molecule has 9 heteroatoms. The molecule has 0 aromatic heterocycles. The van der Waals surface area contributed by atoms with Gasteiger partial charge in [-0.15, -0.1) is 0 Å². The minimum atomic E-state index is -3.92. The standard InChI is InChI=1S/C14H19F2N3O3S/c1-17-8-14(20)19-9-11(16)5-12(19)7-18-23(21,22)13-4-2-3-10(15)6-13/h2-4,6,11-12,17-18H,5,7-9H2,1H3. The van der Waals surface area contributed by atoms with E-state index >= 15 is 0 Å². The summed E-state index contributed by atoms with van der Waals surface area (Å²) in [4.78, 5) is 13.0. The number of amides is 1. The quantitative estimate of drug-likeness (QED) is 0.774. The number of carbonyl (C=O) groups is 1. The summed E-state index contributed by atoms with van der Waals surface area (Å²) in [6, 6.07) is 4.04. The van der Waals surface area contributed by atoms with Crippen molar-refractivity contribution in [3.8, 4) is 0 Å². The average molecular weight is 347 g/mol. The number of nitrogens with zero attached hydrogens (tertiary/aromatic N) is 1. The first kappa shape index (κ1) is 17.8. The predicted molar refractivity (Wildman–Crippen MR) is 80.5 cm³/mol. The van der Waals surface area contributed by atoms with Crippen LogP contribution in [0.2, 0.25) is 0 Å². The van der Waals surface area contributed by atoms with Gasteiger partial charge in [0.2, 0.25) is 15.9 Å². The summed E-state index contributed by atoms with van der Waals surface area (Å²) in [6.07, 6.45) is -1.11. The van der Waals surface area contributed by atoms with Crippen molar-refractivity contribution < 1.29 is 22.0 Å². The van der Waals surface area contributed by atoms with E-state index in [9.17, 15) is 22.0 Å². The monoisotopic (exact) mass is 347 g/mol. The van der Waals surface area contributed by atoms with E-state index in [4.69, 9.17) is 0 Å². The van der Waals surface area contributed by atoms with Gasteiger partial charge in [-0.05, 0) is 25.2 Å². The van der Waals surface area contributed by atoms with E-state index in [1.807, 2.05) is 0 Å². The first-order valence-corrected chi connectivity index (χ1v) is 8.65. The molecule has 1 fully saturated rings. The Morgan fingerprint density at radius 1 is 1.43 bits per heavy atom. The van der Waals surface area contributed by atoms with Crippen molar-refractivity contribution in [3.05, 3.63) is 30.1 Å². The molecule has 2 rings (SSSR count). The molecule has 0 aliphatic carbocycles. The number of nitrogens with one attached hydrogen (secondary N) is 2. The molecule has 0 radical (unpaired) electrons. The fourth-order valence-electron chi connectivity index (χ4n) is 2.53. The molecule has 2 N–H and O–H groups in total. The molecule has 1 aromatic rings. The summed E-state index contributed by atoms with van der Waals surface area (Å²) in [6.45, 7) is -0.110. The highest BCUT2D eigenvalue weighted by atomic mass is 32.2. The zero-order valence-corrected chi connectivity index (χ0v) is 13.4. The molecule has 2 unspecified atom stereocenters. The zero-order valence-electron chi connectivity index (χ0n) is 12.6. The fourth-order valence-corrected chi connectivity index (χ4v) is 3.64. The lowest BCUT2D eigenvalue weighted by atomic mass is 10.2. The smallest absolute Gasteiger partial charge is 0.240 e. The lowest BCUT2D eigenvalue weighted by molar-refractivity contribution is -0.131. The molecule has 1 saturated heterocycles. The maximum absolute atomic E-state index is 13.6. The number of rotatable bonds is 6. The van der Waals surface area contributed by atoms with Gasteiger partial charge in [-0.3, -0.25) is 4.79 Å². The molecule has 1 amide bonds. The molecule has 0 spiro atoms. The van der Waals surface area contributed by atoms with Crippen molar-refractivity contribution in [2.24, 2.45) is 0 Å². The van der Waals surface area contributed by atoms with Crippen molar-refractivity contribution in [2.45, 2.75) is 23.5 Å². The maximum Gasteiger partial charge on any atom is 0.240 e. The molecule has 0 saturated carbocycles. The molecule has 1 aliphatic heterocycles. The van der Waals surface area contributed by atoms with E-state index in [0.29, 0.717) is 0 Å². The van der Waals surface area contributed by atoms with Crippen molar-refractivity contribution in [3.63, 3.8) is 0 Å². The van der Waals surface area contributed by atoms with Gasteiger partial charge in [0.05, 0.1) is 18.0 Å². The summed E-state index contributed by atoms with van der Waals surface area (Å²) in [5, 5.41) is 2.69. The predicted octanol–water partition coefficient (Wildman–Crippen LogP) is 0.262. The maximum atomic E-state index is 13.6. The van der Waals surface area contributed by atoms with Gasteiger partial charge < -0.3 is 10.2 Å². The van der Waals surface area contributed by atoms with Crippen LogP contribution in [0, 0.1) is 5.82 Å². The van der Waals surface area contributed by atoms with Crippen LogP contribution in [0.4, 0.5) is 8.78 Å². The number of alkyl halides is 1. The van der Waals surface area contributed by atoms with Crippen molar-refractivity contribution in [1.29, 1.82) is 0 Å². The highest BCUT2D eigenvalue weighted by molar-refractivity contribution is 7.89. The van der Waals surface area contributed by atoms with Gasteiger partial charge in [0.1, 0.15) is 12.0 Å². The third-order valence-corrected chi connectivity index (χ3v) is 5.05. The van der Waals surface area contributed by atoms with Crippen LogP contribution in [-0.2, 0) is 14.8 Å². The Kier molecular flexibility index (Phi) is 5.66. The number of carbonyl (C=O) groups excluding carboxylic acids is 1. The number of benzene rings is 1. The molecule has 0 bridgehead atoms. The van der Waals surface area contributed by atoms with Gasteiger partial charge >= 0.3 is 0 Å². The molecular weight excluding hydrogens is 328 g/mol. The Bertz CT molecular complexity index is 669. The van der Waals surface area contributed by atoms with Gasteiger partial charge in [0, 0.05) is 19.0 Å². The summed E-state index contributed by atoms with van der Waals surface area (Å²) in [5.41, 5.74) is 0. The van der Waals surface area contributed by atoms with Crippen LogP contribution in [0.1, 0.15) is 6.42 Å². The second-order valence-electron chi connectivity index (χ2n) is 5.37. The highest BCUT2D eigenvalue weighted by Crippen LogP contribution is 2.20. The SMILES string of the molecule is CNCC(=O)N1CC(F)CC1CNS(=O)(=O)c1cccc(F)c1. The van der Waals surface area contributed by atoms with Gasteiger partial charge in [0.25, 0.3) is 0 Å². The van der Waals surface area contributed by atoms with Crippen LogP contribution < -0.4 is 10.0 Å². The number of likely N-dealkylation sites (tertiary alicyclic amines) is 1. The molecule has 1 heterocycles. The Hall–Kier alpha value is -1.58.